The van der Waals surface area contributed by atoms with E-state index in [9.17, 15) is 9.18 Å². The SMILES string of the molecule is Cc1cc(C(=O)Nc2cc(F)c(Br)cc2C)ccn1. The summed E-state index contributed by atoms with van der Waals surface area (Å²) in [4.78, 5) is 16.1. The largest absolute Gasteiger partial charge is 0.322 e. The normalized spacial score (nSPS) is 10.3. The van der Waals surface area contributed by atoms with E-state index in [0.29, 0.717) is 15.7 Å². The molecular formula is C14H12BrFN2O. The lowest BCUT2D eigenvalue weighted by molar-refractivity contribution is 0.102. The summed E-state index contributed by atoms with van der Waals surface area (Å²) in [5.74, 6) is -0.692. The van der Waals surface area contributed by atoms with Crippen LogP contribution in [-0.4, -0.2) is 10.9 Å². The zero-order valence-electron chi connectivity index (χ0n) is 10.5. The molecule has 1 N–H and O–H groups in total. The van der Waals surface area contributed by atoms with Crippen molar-refractivity contribution in [2.24, 2.45) is 0 Å². The highest BCUT2D eigenvalue weighted by atomic mass is 79.9. The molecule has 3 nitrogen and oxygen atoms in total. The zero-order valence-corrected chi connectivity index (χ0v) is 12.1. The second kappa shape index (κ2) is 5.48. The van der Waals surface area contributed by atoms with Crippen molar-refractivity contribution >= 4 is 27.5 Å². The molecule has 0 aliphatic rings. The van der Waals surface area contributed by atoms with Gasteiger partial charge in [0.1, 0.15) is 5.82 Å². The number of anilines is 1. The maximum atomic E-state index is 13.5. The minimum absolute atomic E-state index is 0.282. The van der Waals surface area contributed by atoms with Crippen LogP contribution in [0, 0.1) is 19.7 Å². The number of carbonyl (C=O) groups excluding carboxylic acids is 1. The Morgan fingerprint density at radius 1 is 1.32 bits per heavy atom. The van der Waals surface area contributed by atoms with Gasteiger partial charge in [0, 0.05) is 23.1 Å². The van der Waals surface area contributed by atoms with Crippen molar-refractivity contribution < 1.29 is 9.18 Å². The molecule has 0 spiro atoms. The molecule has 0 atom stereocenters. The molecular weight excluding hydrogens is 311 g/mol. The molecule has 1 amide bonds. The Morgan fingerprint density at radius 2 is 2.05 bits per heavy atom. The number of nitrogens with zero attached hydrogens (tertiary/aromatic N) is 1. The fourth-order valence-corrected chi connectivity index (χ4v) is 2.12. The number of carbonyl (C=O) groups is 1. The van der Waals surface area contributed by atoms with Gasteiger partial charge in [-0.1, -0.05) is 0 Å². The molecule has 0 radical (unpaired) electrons. The zero-order chi connectivity index (χ0) is 14.0. The van der Waals surface area contributed by atoms with Gasteiger partial charge in [-0.3, -0.25) is 9.78 Å². The molecule has 0 unspecified atom stereocenters. The van der Waals surface area contributed by atoms with E-state index in [1.807, 2.05) is 0 Å². The lowest BCUT2D eigenvalue weighted by atomic mass is 10.1. The van der Waals surface area contributed by atoms with Crippen molar-refractivity contribution in [3.63, 3.8) is 0 Å². The molecule has 0 saturated carbocycles. The van der Waals surface area contributed by atoms with Crippen LogP contribution < -0.4 is 5.32 Å². The Labute approximate surface area is 119 Å². The van der Waals surface area contributed by atoms with Crippen LogP contribution in [0.3, 0.4) is 0 Å². The molecule has 19 heavy (non-hydrogen) atoms. The van der Waals surface area contributed by atoms with Crippen LogP contribution in [0.15, 0.2) is 34.9 Å². The van der Waals surface area contributed by atoms with Gasteiger partial charge in [0.2, 0.25) is 0 Å². The predicted molar refractivity (Wildman–Crippen MR) is 75.8 cm³/mol. The first-order chi connectivity index (χ1) is 8.97. The van der Waals surface area contributed by atoms with Crippen molar-refractivity contribution in [1.29, 1.82) is 0 Å². The number of amides is 1. The van der Waals surface area contributed by atoms with Crippen molar-refractivity contribution in [3.8, 4) is 0 Å². The minimum Gasteiger partial charge on any atom is -0.322 e. The molecule has 1 heterocycles. The average Bonchev–Trinajstić information content (AvgIpc) is 2.36. The van der Waals surface area contributed by atoms with E-state index in [4.69, 9.17) is 0 Å². The number of hydrogen-bond acceptors (Lipinski definition) is 2. The van der Waals surface area contributed by atoms with Gasteiger partial charge >= 0.3 is 0 Å². The van der Waals surface area contributed by atoms with Gasteiger partial charge in [0.05, 0.1) is 4.47 Å². The number of aromatic nitrogens is 1. The van der Waals surface area contributed by atoms with Gasteiger partial charge in [-0.2, -0.15) is 0 Å². The van der Waals surface area contributed by atoms with E-state index in [0.717, 1.165) is 11.3 Å². The fourth-order valence-electron chi connectivity index (χ4n) is 1.66. The topological polar surface area (TPSA) is 42.0 Å². The highest BCUT2D eigenvalue weighted by Crippen LogP contribution is 2.24. The Kier molecular flexibility index (Phi) is 3.95. The molecule has 1 aromatic carbocycles. The van der Waals surface area contributed by atoms with Gasteiger partial charge in [-0.25, -0.2) is 4.39 Å². The number of aryl methyl sites for hydroxylation is 2. The van der Waals surface area contributed by atoms with Gasteiger partial charge in [0.25, 0.3) is 5.91 Å². The first-order valence-electron chi connectivity index (χ1n) is 5.67. The van der Waals surface area contributed by atoms with E-state index in [1.165, 1.54) is 6.07 Å². The molecule has 5 heteroatoms. The molecule has 0 saturated heterocycles. The third kappa shape index (κ3) is 3.17. The standard InChI is InChI=1S/C14H12BrFN2O/c1-8-5-11(15)12(16)7-13(8)18-14(19)10-3-4-17-9(2)6-10/h3-7H,1-2H3,(H,18,19). The van der Waals surface area contributed by atoms with Crippen molar-refractivity contribution in [3.05, 3.63) is 57.6 Å². The first-order valence-corrected chi connectivity index (χ1v) is 6.46. The summed E-state index contributed by atoms with van der Waals surface area (Å²) in [5, 5.41) is 2.69. The van der Waals surface area contributed by atoms with Gasteiger partial charge in [-0.05, 0) is 59.6 Å². The molecule has 0 bridgehead atoms. The molecule has 2 aromatic rings. The van der Waals surface area contributed by atoms with Crippen LogP contribution in [-0.2, 0) is 0 Å². The first kappa shape index (κ1) is 13.7. The summed E-state index contributed by atoms with van der Waals surface area (Å²) in [6.07, 6.45) is 1.57. The van der Waals surface area contributed by atoms with E-state index >= 15 is 0 Å². The summed E-state index contributed by atoms with van der Waals surface area (Å²) < 4.78 is 13.8. The second-order valence-corrected chi connectivity index (χ2v) is 5.08. The summed E-state index contributed by atoms with van der Waals surface area (Å²) in [7, 11) is 0. The van der Waals surface area contributed by atoms with Crippen LogP contribution in [0.4, 0.5) is 10.1 Å². The predicted octanol–water partition coefficient (Wildman–Crippen LogP) is 3.85. The van der Waals surface area contributed by atoms with Gasteiger partial charge < -0.3 is 5.32 Å². The molecule has 0 aliphatic carbocycles. The quantitative estimate of drug-likeness (QED) is 0.912. The molecule has 1 aromatic heterocycles. The Balaban J connectivity index is 2.27. The molecule has 2 rings (SSSR count). The molecule has 0 fully saturated rings. The summed E-state index contributed by atoms with van der Waals surface area (Å²) in [5.41, 5.74) is 2.49. The number of nitrogens with one attached hydrogen (secondary N) is 1. The molecule has 0 aliphatic heterocycles. The van der Waals surface area contributed by atoms with Crippen molar-refractivity contribution in [2.45, 2.75) is 13.8 Å². The lowest BCUT2D eigenvalue weighted by Gasteiger charge is -2.09. The van der Waals surface area contributed by atoms with E-state index in [2.05, 4.69) is 26.2 Å². The van der Waals surface area contributed by atoms with Gasteiger partial charge in [0.15, 0.2) is 0 Å². The Bertz CT molecular complexity index is 643. The minimum atomic E-state index is -0.410. The highest BCUT2D eigenvalue weighted by molar-refractivity contribution is 9.10. The second-order valence-electron chi connectivity index (χ2n) is 4.22. The third-order valence-corrected chi connectivity index (χ3v) is 3.28. The highest BCUT2D eigenvalue weighted by Gasteiger charge is 2.10. The summed E-state index contributed by atoms with van der Waals surface area (Å²) in [6, 6.07) is 6.22. The van der Waals surface area contributed by atoms with E-state index in [-0.39, 0.29) is 5.91 Å². The maximum Gasteiger partial charge on any atom is 0.255 e. The Hall–Kier alpha value is -1.75. The third-order valence-electron chi connectivity index (χ3n) is 2.67. The number of benzene rings is 1. The van der Waals surface area contributed by atoms with Crippen LogP contribution in [0.1, 0.15) is 21.6 Å². The van der Waals surface area contributed by atoms with Crippen molar-refractivity contribution in [1.82, 2.24) is 4.98 Å². The number of pyridine rings is 1. The van der Waals surface area contributed by atoms with Crippen molar-refractivity contribution in [2.75, 3.05) is 5.32 Å². The summed E-state index contributed by atoms with van der Waals surface area (Å²) in [6.45, 7) is 3.61. The average molecular weight is 323 g/mol. The van der Waals surface area contributed by atoms with E-state index in [1.54, 1.807) is 38.2 Å². The fraction of sp³-hybridized carbons (Fsp3) is 0.143. The van der Waals surface area contributed by atoms with Crippen LogP contribution >= 0.6 is 15.9 Å². The lowest BCUT2D eigenvalue weighted by Crippen LogP contribution is -2.13. The number of rotatable bonds is 2. The smallest absolute Gasteiger partial charge is 0.255 e. The van der Waals surface area contributed by atoms with Crippen LogP contribution in [0.25, 0.3) is 0 Å². The number of hydrogen-bond donors (Lipinski definition) is 1. The molecule has 98 valence electrons. The van der Waals surface area contributed by atoms with Crippen LogP contribution in [0.2, 0.25) is 0 Å². The van der Waals surface area contributed by atoms with E-state index < -0.39 is 5.82 Å². The monoisotopic (exact) mass is 322 g/mol. The van der Waals surface area contributed by atoms with Gasteiger partial charge in [-0.15, -0.1) is 0 Å². The van der Waals surface area contributed by atoms with Crippen LogP contribution in [0.5, 0.6) is 0 Å². The number of halogens is 2. The maximum absolute atomic E-state index is 13.5. The Morgan fingerprint density at radius 3 is 2.74 bits per heavy atom. The summed E-state index contributed by atoms with van der Waals surface area (Å²) >= 11 is 3.10.